The molecule has 112 valence electrons. The van der Waals surface area contributed by atoms with Crippen molar-refractivity contribution in [1.29, 1.82) is 0 Å². The van der Waals surface area contributed by atoms with Gasteiger partial charge in [0.05, 0.1) is 24.1 Å². The monoisotopic (exact) mass is 310 g/mol. The first-order valence-corrected chi connectivity index (χ1v) is 7.57. The summed E-state index contributed by atoms with van der Waals surface area (Å²) in [6.07, 6.45) is 1.35. The average Bonchev–Trinajstić information content (AvgIpc) is 2.82. The summed E-state index contributed by atoms with van der Waals surface area (Å²) in [6, 6.07) is 5.67. The van der Waals surface area contributed by atoms with Gasteiger partial charge in [0, 0.05) is 0 Å². The number of sulfonamides is 1. The highest BCUT2D eigenvalue weighted by Gasteiger charge is 2.15. The molecule has 0 saturated carbocycles. The van der Waals surface area contributed by atoms with E-state index >= 15 is 0 Å². The molecular weight excluding hydrogens is 296 g/mol. The van der Waals surface area contributed by atoms with Gasteiger partial charge in [0.25, 0.3) is 0 Å². The zero-order valence-electron chi connectivity index (χ0n) is 11.2. The Bertz CT molecular complexity index is 734. The van der Waals surface area contributed by atoms with Crippen molar-refractivity contribution < 1.29 is 22.7 Å². The number of benzene rings is 1. The summed E-state index contributed by atoms with van der Waals surface area (Å²) in [6.45, 7) is 1.67. The van der Waals surface area contributed by atoms with Crippen molar-refractivity contribution in [3.63, 3.8) is 0 Å². The lowest BCUT2D eigenvalue weighted by atomic mass is 10.2. The number of carboxylic acid groups (broad SMARTS) is 1. The van der Waals surface area contributed by atoms with E-state index in [0.717, 1.165) is 0 Å². The van der Waals surface area contributed by atoms with Crippen LogP contribution < -0.4 is 4.72 Å². The SMILES string of the molecule is Cc1cnc(CNS(=O)(=O)c2ccc(CC(=O)O)cc2)o1. The first-order valence-electron chi connectivity index (χ1n) is 6.08. The van der Waals surface area contributed by atoms with Gasteiger partial charge in [-0.25, -0.2) is 18.1 Å². The van der Waals surface area contributed by atoms with Gasteiger partial charge < -0.3 is 9.52 Å². The van der Waals surface area contributed by atoms with E-state index < -0.39 is 16.0 Å². The molecule has 0 radical (unpaired) electrons. The van der Waals surface area contributed by atoms with Gasteiger partial charge in [-0.3, -0.25) is 4.79 Å². The van der Waals surface area contributed by atoms with Crippen molar-refractivity contribution in [2.75, 3.05) is 0 Å². The number of oxazole rings is 1. The maximum Gasteiger partial charge on any atom is 0.307 e. The number of aryl methyl sites for hydroxylation is 1. The van der Waals surface area contributed by atoms with Crippen molar-refractivity contribution in [1.82, 2.24) is 9.71 Å². The third kappa shape index (κ3) is 4.14. The number of aliphatic carboxylic acids is 1. The lowest BCUT2D eigenvalue weighted by Gasteiger charge is -2.05. The number of hydrogen-bond donors (Lipinski definition) is 2. The number of carboxylic acids is 1. The number of nitrogens with zero attached hydrogens (tertiary/aromatic N) is 1. The largest absolute Gasteiger partial charge is 0.481 e. The van der Waals surface area contributed by atoms with Crippen LogP contribution in [0.25, 0.3) is 0 Å². The Morgan fingerprint density at radius 2 is 2.00 bits per heavy atom. The smallest absolute Gasteiger partial charge is 0.307 e. The van der Waals surface area contributed by atoms with Crippen LogP contribution in [0.15, 0.2) is 39.8 Å². The molecule has 0 amide bonds. The molecule has 0 fully saturated rings. The molecule has 7 nitrogen and oxygen atoms in total. The van der Waals surface area contributed by atoms with E-state index in [9.17, 15) is 13.2 Å². The fourth-order valence-corrected chi connectivity index (χ4v) is 2.66. The van der Waals surface area contributed by atoms with Gasteiger partial charge in [-0.2, -0.15) is 0 Å². The molecule has 2 aromatic rings. The first kappa shape index (κ1) is 15.2. The molecule has 1 aromatic carbocycles. The molecule has 0 aliphatic heterocycles. The maximum absolute atomic E-state index is 12.0. The Labute approximate surface area is 121 Å². The summed E-state index contributed by atoms with van der Waals surface area (Å²) < 4.78 is 31.6. The minimum Gasteiger partial charge on any atom is -0.481 e. The molecule has 0 saturated heterocycles. The number of nitrogens with one attached hydrogen (secondary N) is 1. The molecule has 0 spiro atoms. The van der Waals surface area contributed by atoms with Crippen LogP contribution in [0, 0.1) is 6.92 Å². The van der Waals surface area contributed by atoms with E-state index in [2.05, 4.69) is 9.71 Å². The number of carbonyl (C=O) groups is 1. The fraction of sp³-hybridized carbons (Fsp3) is 0.231. The lowest BCUT2D eigenvalue weighted by Crippen LogP contribution is -2.23. The predicted molar refractivity (Wildman–Crippen MR) is 73.0 cm³/mol. The number of hydrogen-bond acceptors (Lipinski definition) is 5. The standard InChI is InChI=1S/C13H14N2O5S/c1-9-7-14-12(20-9)8-15-21(18,19)11-4-2-10(3-5-11)6-13(16)17/h2-5,7,15H,6,8H2,1H3,(H,16,17). The predicted octanol–water partition coefficient (Wildman–Crippen LogP) is 1.09. The second-order valence-electron chi connectivity index (χ2n) is 4.40. The van der Waals surface area contributed by atoms with Crippen LogP contribution in [0.2, 0.25) is 0 Å². The van der Waals surface area contributed by atoms with E-state index in [4.69, 9.17) is 9.52 Å². The number of rotatable bonds is 6. The van der Waals surface area contributed by atoms with Crippen molar-refractivity contribution in [3.8, 4) is 0 Å². The van der Waals surface area contributed by atoms with Gasteiger partial charge in [0.1, 0.15) is 5.76 Å². The van der Waals surface area contributed by atoms with Crippen molar-refractivity contribution in [2.24, 2.45) is 0 Å². The quantitative estimate of drug-likeness (QED) is 0.826. The van der Waals surface area contributed by atoms with Gasteiger partial charge >= 0.3 is 5.97 Å². The molecule has 0 unspecified atom stereocenters. The number of aromatic nitrogens is 1. The third-order valence-corrected chi connectivity index (χ3v) is 4.09. The van der Waals surface area contributed by atoms with Crippen LogP contribution >= 0.6 is 0 Å². The third-order valence-electron chi connectivity index (χ3n) is 2.67. The molecule has 1 aromatic heterocycles. The van der Waals surface area contributed by atoms with E-state index in [-0.39, 0.29) is 23.8 Å². The maximum atomic E-state index is 12.0. The molecule has 0 aliphatic rings. The van der Waals surface area contributed by atoms with E-state index in [1.54, 1.807) is 6.92 Å². The minimum atomic E-state index is -3.69. The zero-order valence-corrected chi connectivity index (χ0v) is 12.1. The molecule has 1 heterocycles. The second-order valence-corrected chi connectivity index (χ2v) is 6.17. The van der Waals surface area contributed by atoms with Crippen LogP contribution in [-0.2, 0) is 27.8 Å². The van der Waals surface area contributed by atoms with Crippen molar-refractivity contribution in [3.05, 3.63) is 47.7 Å². The van der Waals surface area contributed by atoms with Gasteiger partial charge in [0.15, 0.2) is 0 Å². The molecular formula is C13H14N2O5S. The summed E-state index contributed by atoms with van der Waals surface area (Å²) in [5.41, 5.74) is 0.532. The summed E-state index contributed by atoms with van der Waals surface area (Å²) >= 11 is 0. The van der Waals surface area contributed by atoms with Crippen LogP contribution in [0.3, 0.4) is 0 Å². The highest BCUT2D eigenvalue weighted by atomic mass is 32.2. The minimum absolute atomic E-state index is 0.0486. The normalized spacial score (nSPS) is 11.5. The molecule has 2 N–H and O–H groups in total. The zero-order chi connectivity index (χ0) is 15.5. The highest BCUT2D eigenvalue weighted by molar-refractivity contribution is 7.89. The molecule has 8 heteroatoms. The molecule has 0 aliphatic carbocycles. The summed E-state index contributed by atoms with van der Waals surface area (Å²) in [5.74, 6) is -0.0937. The highest BCUT2D eigenvalue weighted by Crippen LogP contribution is 2.12. The van der Waals surface area contributed by atoms with E-state index in [1.807, 2.05) is 0 Å². The molecule has 0 bridgehead atoms. The Hall–Kier alpha value is -2.19. The molecule has 21 heavy (non-hydrogen) atoms. The van der Waals surface area contributed by atoms with Crippen molar-refractivity contribution >= 4 is 16.0 Å². The van der Waals surface area contributed by atoms with Crippen LogP contribution in [0.4, 0.5) is 0 Å². The van der Waals surface area contributed by atoms with Crippen LogP contribution in [0.5, 0.6) is 0 Å². The Kier molecular flexibility index (Phi) is 4.39. The van der Waals surface area contributed by atoms with E-state index in [0.29, 0.717) is 11.3 Å². The Morgan fingerprint density at radius 3 is 2.52 bits per heavy atom. The molecule has 0 atom stereocenters. The fourth-order valence-electron chi connectivity index (χ4n) is 1.68. The summed E-state index contributed by atoms with van der Waals surface area (Å²) in [5, 5.41) is 8.66. The van der Waals surface area contributed by atoms with Gasteiger partial charge in [-0.05, 0) is 24.6 Å². The van der Waals surface area contributed by atoms with Gasteiger partial charge in [0.2, 0.25) is 15.9 Å². The van der Waals surface area contributed by atoms with E-state index in [1.165, 1.54) is 30.5 Å². The average molecular weight is 310 g/mol. The molecule has 2 rings (SSSR count). The van der Waals surface area contributed by atoms with Gasteiger partial charge in [-0.1, -0.05) is 12.1 Å². The Morgan fingerprint density at radius 1 is 1.33 bits per heavy atom. The topological polar surface area (TPSA) is 110 Å². The Balaban J connectivity index is 2.06. The summed E-state index contributed by atoms with van der Waals surface area (Å²) in [7, 11) is -3.69. The van der Waals surface area contributed by atoms with Crippen LogP contribution in [0.1, 0.15) is 17.2 Å². The van der Waals surface area contributed by atoms with Crippen molar-refractivity contribution in [2.45, 2.75) is 24.8 Å². The second kappa shape index (κ2) is 6.06. The van der Waals surface area contributed by atoms with Gasteiger partial charge in [-0.15, -0.1) is 0 Å². The lowest BCUT2D eigenvalue weighted by molar-refractivity contribution is -0.136. The first-order chi connectivity index (χ1) is 9.87. The summed E-state index contributed by atoms with van der Waals surface area (Å²) in [4.78, 5) is 14.5. The van der Waals surface area contributed by atoms with Crippen LogP contribution in [-0.4, -0.2) is 24.5 Å².